The number of methoxy groups -OCH3 is 1. The molecule has 0 aliphatic heterocycles. The number of carbonyl (C=O) groups excluding carboxylic acids is 2. The summed E-state index contributed by atoms with van der Waals surface area (Å²) < 4.78 is 19.3. The van der Waals surface area contributed by atoms with E-state index >= 15 is 0 Å². The van der Waals surface area contributed by atoms with Gasteiger partial charge in [0.2, 0.25) is 0 Å². The number of hydrogen-bond donors (Lipinski definition) is 0. The third-order valence-corrected chi connectivity index (χ3v) is 7.86. The molecule has 0 amide bonds. The Labute approximate surface area is 285 Å². The van der Waals surface area contributed by atoms with Crippen molar-refractivity contribution in [1.29, 1.82) is 0 Å². The molecule has 0 aliphatic rings. The van der Waals surface area contributed by atoms with Gasteiger partial charge in [-0.3, -0.25) is 9.28 Å². The van der Waals surface area contributed by atoms with E-state index in [0.717, 1.165) is 83.8 Å². The summed E-state index contributed by atoms with van der Waals surface area (Å²) in [6.07, 6.45) is 7.72. The lowest BCUT2D eigenvalue weighted by Gasteiger charge is -2.23. The van der Waals surface area contributed by atoms with Crippen LogP contribution in [0.3, 0.4) is 0 Å². The number of halogens is 1. The first-order chi connectivity index (χ1) is 21.2. The van der Waals surface area contributed by atoms with Crippen LogP contribution in [0.15, 0.2) is 78.9 Å². The highest BCUT2D eigenvalue weighted by Crippen LogP contribution is 2.27. The van der Waals surface area contributed by atoms with E-state index in [9.17, 15) is 9.59 Å². The molecule has 1 heterocycles. The quantitative estimate of drug-likeness (QED) is 0.0683. The van der Waals surface area contributed by atoms with Gasteiger partial charge in [0.05, 0.1) is 41.3 Å². The zero-order valence-corrected chi connectivity index (χ0v) is 29.3. The molecule has 4 aromatic rings. The molecule has 3 aromatic carbocycles. The van der Waals surface area contributed by atoms with Crippen LogP contribution in [0.4, 0.5) is 5.69 Å². The molecule has 4 rings (SSSR count). The third-order valence-electron chi connectivity index (χ3n) is 7.86. The maximum Gasteiger partial charge on any atom is 0.354 e. The molecule has 0 spiro atoms. The monoisotopic (exact) mass is 726 g/mol. The number of aromatic nitrogens is 1. The van der Waals surface area contributed by atoms with Gasteiger partial charge in [0.1, 0.15) is 23.7 Å². The second-order valence-corrected chi connectivity index (χ2v) is 12.2. The van der Waals surface area contributed by atoms with Crippen molar-refractivity contribution in [1.82, 2.24) is 9.05 Å². The Hall–Kier alpha value is -3.37. The first-order valence-electron chi connectivity index (χ1n) is 15.7. The molecule has 1 aromatic heterocycles. The Kier molecular flexibility index (Phi) is 14.4. The molecule has 242 valence electrons. The van der Waals surface area contributed by atoms with E-state index in [1.165, 1.54) is 12.8 Å². The Balaban J connectivity index is 0.00000552. The summed E-state index contributed by atoms with van der Waals surface area (Å²) in [5, 5.41) is 0.967. The van der Waals surface area contributed by atoms with Crippen LogP contribution in [-0.2, 0) is 33.8 Å². The zero-order chi connectivity index (χ0) is 31.4. The molecule has 0 atom stereocenters. The Bertz CT molecular complexity index is 1490. The van der Waals surface area contributed by atoms with Gasteiger partial charge >= 0.3 is 11.9 Å². The maximum absolute atomic E-state index is 12.5. The second kappa shape index (κ2) is 17.9. The largest absolute Gasteiger partial charge is 1.00 e. The molecule has 0 aliphatic carbocycles. The molecular formula is C37H47IN2O5. The molecule has 0 saturated heterocycles. The van der Waals surface area contributed by atoms with Crippen molar-refractivity contribution in [2.75, 3.05) is 34.9 Å². The van der Waals surface area contributed by atoms with E-state index in [4.69, 9.17) is 14.2 Å². The third kappa shape index (κ3) is 11.2. The Morgan fingerprint density at radius 1 is 0.756 bits per heavy atom. The number of carbonyl (C=O) groups is 2. The van der Waals surface area contributed by atoms with Crippen LogP contribution in [0.25, 0.3) is 10.9 Å². The van der Waals surface area contributed by atoms with Crippen LogP contribution in [0.5, 0.6) is 5.75 Å². The van der Waals surface area contributed by atoms with Crippen LogP contribution in [0.2, 0.25) is 0 Å². The van der Waals surface area contributed by atoms with Gasteiger partial charge in [-0.1, -0.05) is 74.6 Å². The molecule has 0 bridgehead atoms. The van der Waals surface area contributed by atoms with Gasteiger partial charge in [0.25, 0.3) is 0 Å². The van der Waals surface area contributed by atoms with E-state index in [0.29, 0.717) is 25.3 Å². The number of nitrogens with zero attached hydrogens (tertiary/aromatic N) is 2. The van der Waals surface area contributed by atoms with Crippen molar-refractivity contribution in [2.24, 2.45) is 0 Å². The fraction of sp³-hybridized carbons (Fsp3) is 0.405. The van der Waals surface area contributed by atoms with E-state index in [-0.39, 0.29) is 35.9 Å². The SMILES string of the molecule is COC(=O)c1cc2cc(OCc3ccccc3)ccc2n1CCCCCCCCCOC(=O)Cc1ccc([N+](C)(C)C)cc1.[I-]. The van der Waals surface area contributed by atoms with Gasteiger partial charge in [-0.2, -0.15) is 0 Å². The minimum atomic E-state index is -0.327. The normalized spacial score (nSPS) is 11.2. The van der Waals surface area contributed by atoms with Crippen molar-refractivity contribution >= 4 is 28.5 Å². The lowest BCUT2D eigenvalue weighted by molar-refractivity contribution is -0.142. The predicted molar refractivity (Wildman–Crippen MR) is 177 cm³/mol. The summed E-state index contributed by atoms with van der Waals surface area (Å²) in [4.78, 5) is 24.7. The summed E-state index contributed by atoms with van der Waals surface area (Å²) in [5.74, 6) is 0.282. The van der Waals surface area contributed by atoms with Crippen LogP contribution < -0.4 is 33.2 Å². The van der Waals surface area contributed by atoms with Crippen molar-refractivity contribution in [3.63, 3.8) is 0 Å². The van der Waals surface area contributed by atoms with E-state index in [2.05, 4.69) is 37.8 Å². The fourth-order valence-electron chi connectivity index (χ4n) is 5.31. The minimum Gasteiger partial charge on any atom is -1.00 e. The minimum absolute atomic E-state index is 0. The maximum atomic E-state index is 12.5. The van der Waals surface area contributed by atoms with Gasteiger partial charge in [-0.05, 0) is 60.4 Å². The first kappa shape index (κ1) is 36.1. The molecule has 45 heavy (non-hydrogen) atoms. The lowest BCUT2D eigenvalue weighted by atomic mass is 10.1. The number of quaternary nitrogens is 1. The highest BCUT2D eigenvalue weighted by atomic mass is 127. The number of rotatable bonds is 17. The van der Waals surface area contributed by atoms with E-state index in [1.807, 2.05) is 66.7 Å². The number of benzene rings is 3. The Morgan fingerprint density at radius 3 is 2.09 bits per heavy atom. The van der Waals surface area contributed by atoms with Gasteiger partial charge < -0.3 is 42.8 Å². The number of esters is 2. The summed E-state index contributed by atoms with van der Waals surface area (Å²) in [6, 6.07) is 26.1. The molecule has 0 N–H and O–H groups in total. The number of aryl methyl sites for hydroxylation is 1. The molecule has 0 unspecified atom stereocenters. The van der Waals surface area contributed by atoms with Gasteiger partial charge in [0, 0.05) is 17.4 Å². The lowest BCUT2D eigenvalue weighted by Crippen LogP contribution is -3.00. The zero-order valence-electron chi connectivity index (χ0n) is 27.1. The summed E-state index contributed by atoms with van der Waals surface area (Å²) >= 11 is 0. The number of fused-ring (bicyclic) bond motifs is 1. The molecule has 0 saturated carbocycles. The van der Waals surface area contributed by atoms with Gasteiger partial charge in [0.15, 0.2) is 0 Å². The van der Waals surface area contributed by atoms with Crippen molar-refractivity contribution in [3.05, 3.63) is 95.7 Å². The average Bonchev–Trinajstić information content (AvgIpc) is 3.38. The Morgan fingerprint density at radius 2 is 1.42 bits per heavy atom. The van der Waals surface area contributed by atoms with Crippen molar-refractivity contribution < 1.29 is 47.8 Å². The first-order valence-corrected chi connectivity index (χ1v) is 15.7. The average molecular weight is 727 g/mol. The standard InChI is InChI=1S/C37H47N2O5.HI/c1-39(2,3)32-19-17-29(18-20-32)25-36(40)43-24-14-9-7-5-6-8-13-23-38-34-22-21-33(44-28-30-15-11-10-12-16-30)26-31(34)27-35(38)37(41)42-4;/h10-12,15-22,26-27H,5-9,13-14,23-25,28H2,1-4H3;1H/q+1;/p-1. The predicted octanol–water partition coefficient (Wildman–Crippen LogP) is 4.72. The second-order valence-electron chi connectivity index (χ2n) is 12.2. The van der Waals surface area contributed by atoms with E-state index in [1.54, 1.807) is 0 Å². The van der Waals surface area contributed by atoms with Gasteiger partial charge in [-0.25, -0.2) is 4.79 Å². The molecule has 0 fully saturated rings. The highest BCUT2D eigenvalue weighted by Gasteiger charge is 2.17. The topological polar surface area (TPSA) is 66.8 Å². The van der Waals surface area contributed by atoms with Crippen LogP contribution in [0.1, 0.15) is 66.6 Å². The molecule has 0 radical (unpaired) electrons. The summed E-state index contributed by atoms with van der Waals surface area (Å²) in [5.41, 5.74) is 4.87. The van der Waals surface area contributed by atoms with E-state index < -0.39 is 0 Å². The summed E-state index contributed by atoms with van der Waals surface area (Å²) in [7, 11) is 7.78. The van der Waals surface area contributed by atoms with Gasteiger partial charge in [-0.15, -0.1) is 0 Å². The fourth-order valence-corrected chi connectivity index (χ4v) is 5.31. The van der Waals surface area contributed by atoms with Crippen LogP contribution in [0, 0.1) is 0 Å². The summed E-state index contributed by atoms with van der Waals surface area (Å²) in [6.45, 7) is 1.73. The number of ether oxygens (including phenoxy) is 3. The number of unbranched alkanes of at least 4 members (excludes halogenated alkanes) is 6. The highest BCUT2D eigenvalue weighted by molar-refractivity contribution is 5.96. The molecular weight excluding hydrogens is 679 g/mol. The smallest absolute Gasteiger partial charge is 0.354 e. The van der Waals surface area contributed by atoms with Crippen molar-refractivity contribution in [3.8, 4) is 5.75 Å². The molecule has 8 heteroatoms. The molecule has 7 nitrogen and oxygen atoms in total. The number of hydrogen-bond acceptors (Lipinski definition) is 5. The van der Waals surface area contributed by atoms with Crippen molar-refractivity contribution in [2.45, 2.75) is 64.5 Å². The van der Waals surface area contributed by atoms with Crippen LogP contribution in [-0.4, -0.2) is 51.4 Å². The van der Waals surface area contributed by atoms with Crippen LogP contribution >= 0.6 is 0 Å².